The molecule has 3 rings (SSSR count). The molecular weight excluding hydrogens is 452 g/mol. The zero-order valence-electron chi connectivity index (χ0n) is 17.3. The Kier molecular flexibility index (Phi) is 8.37. The largest absolute Gasteiger partial charge is 0.490 e. The van der Waals surface area contributed by atoms with Crippen LogP contribution in [0, 0.1) is 0 Å². The van der Waals surface area contributed by atoms with Crippen LogP contribution in [0.3, 0.4) is 0 Å². The number of rotatable bonds is 9. The minimum atomic E-state index is 0.602. The number of ether oxygens (including phenoxy) is 2. The Labute approximate surface area is 187 Å². The van der Waals surface area contributed by atoms with Crippen molar-refractivity contribution in [1.82, 2.24) is 0 Å². The fourth-order valence-electron chi connectivity index (χ4n) is 3.51. The first-order chi connectivity index (χ1) is 14.1. The Morgan fingerprint density at radius 3 is 2.48 bits per heavy atom. The molecule has 2 aromatic rings. The van der Waals surface area contributed by atoms with Crippen LogP contribution in [-0.2, 0) is 6.54 Å². The van der Waals surface area contributed by atoms with Crippen molar-refractivity contribution in [2.24, 2.45) is 0 Å². The maximum absolute atomic E-state index is 6.58. The number of hydrogen-bond donors (Lipinski definition) is 1. The van der Waals surface area contributed by atoms with E-state index >= 15 is 0 Å². The molecule has 158 valence electrons. The Balaban J connectivity index is 1.70. The van der Waals surface area contributed by atoms with Gasteiger partial charge in [0.1, 0.15) is 0 Å². The summed E-state index contributed by atoms with van der Waals surface area (Å²) in [5, 5.41) is 4.28. The van der Waals surface area contributed by atoms with E-state index in [1.807, 2.05) is 25.1 Å². The van der Waals surface area contributed by atoms with E-state index in [0.717, 1.165) is 57.4 Å². The third-order valence-corrected chi connectivity index (χ3v) is 6.04. The van der Waals surface area contributed by atoms with E-state index in [1.54, 1.807) is 0 Å². The van der Waals surface area contributed by atoms with Gasteiger partial charge < -0.3 is 19.7 Å². The average molecular weight is 482 g/mol. The van der Waals surface area contributed by atoms with Crippen LogP contribution in [0.1, 0.15) is 45.1 Å². The molecule has 1 heterocycles. The van der Waals surface area contributed by atoms with Crippen molar-refractivity contribution in [3.63, 3.8) is 0 Å². The lowest BCUT2D eigenvalue weighted by Gasteiger charge is -2.29. The van der Waals surface area contributed by atoms with Crippen molar-refractivity contribution in [3.8, 4) is 11.5 Å². The Bertz CT molecular complexity index is 810. The van der Waals surface area contributed by atoms with Crippen molar-refractivity contribution in [3.05, 3.63) is 45.4 Å². The molecule has 0 aromatic heterocycles. The fraction of sp³-hybridized carbons (Fsp3) is 0.478. The molecule has 0 amide bonds. The second kappa shape index (κ2) is 11.0. The minimum absolute atomic E-state index is 0.602. The van der Waals surface area contributed by atoms with Gasteiger partial charge in [0.05, 0.1) is 23.9 Å². The number of halogens is 2. The minimum Gasteiger partial charge on any atom is -0.490 e. The third kappa shape index (κ3) is 5.95. The van der Waals surface area contributed by atoms with Gasteiger partial charge in [0, 0.05) is 29.8 Å². The summed E-state index contributed by atoms with van der Waals surface area (Å²) in [6.07, 6.45) is 4.75. The lowest BCUT2D eigenvalue weighted by Crippen LogP contribution is -2.29. The number of nitrogens with one attached hydrogen (secondary N) is 1. The molecule has 0 saturated carbocycles. The molecule has 0 bridgehead atoms. The summed E-state index contributed by atoms with van der Waals surface area (Å²) >= 11 is 10.3. The molecule has 1 aliphatic rings. The van der Waals surface area contributed by atoms with Crippen LogP contribution >= 0.6 is 27.5 Å². The predicted molar refractivity (Wildman–Crippen MR) is 126 cm³/mol. The van der Waals surface area contributed by atoms with Gasteiger partial charge in [-0.2, -0.15) is 0 Å². The molecule has 4 nitrogen and oxygen atoms in total. The first-order valence-corrected chi connectivity index (χ1v) is 11.7. The molecule has 0 radical (unpaired) electrons. The second-order valence-corrected chi connectivity index (χ2v) is 8.50. The molecule has 1 saturated heterocycles. The Morgan fingerprint density at radius 2 is 1.79 bits per heavy atom. The maximum Gasteiger partial charge on any atom is 0.162 e. The zero-order chi connectivity index (χ0) is 20.6. The summed E-state index contributed by atoms with van der Waals surface area (Å²) in [7, 11) is 0. The molecule has 0 spiro atoms. The molecule has 6 heteroatoms. The van der Waals surface area contributed by atoms with Gasteiger partial charge in [-0.05, 0) is 68.5 Å². The summed E-state index contributed by atoms with van der Waals surface area (Å²) in [5.41, 5.74) is 3.25. The topological polar surface area (TPSA) is 33.7 Å². The van der Waals surface area contributed by atoms with E-state index < -0.39 is 0 Å². The summed E-state index contributed by atoms with van der Waals surface area (Å²) in [6, 6.07) is 10.3. The van der Waals surface area contributed by atoms with Gasteiger partial charge in [0.25, 0.3) is 0 Å². The van der Waals surface area contributed by atoms with E-state index in [4.69, 9.17) is 21.1 Å². The van der Waals surface area contributed by atoms with Gasteiger partial charge in [-0.3, -0.25) is 0 Å². The molecule has 2 aromatic carbocycles. The van der Waals surface area contributed by atoms with Crippen LogP contribution in [0.25, 0.3) is 0 Å². The van der Waals surface area contributed by atoms with Gasteiger partial charge in [0.2, 0.25) is 0 Å². The van der Waals surface area contributed by atoms with Crippen molar-refractivity contribution in [1.29, 1.82) is 0 Å². The van der Waals surface area contributed by atoms with Gasteiger partial charge in [-0.15, -0.1) is 0 Å². The van der Waals surface area contributed by atoms with Crippen LogP contribution in [0.15, 0.2) is 34.8 Å². The summed E-state index contributed by atoms with van der Waals surface area (Å²) < 4.78 is 12.6. The second-order valence-electron chi connectivity index (χ2n) is 7.24. The molecule has 1 fully saturated rings. The van der Waals surface area contributed by atoms with Gasteiger partial charge in [-0.25, -0.2) is 0 Å². The van der Waals surface area contributed by atoms with Crippen molar-refractivity contribution < 1.29 is 9.47 Å². The van der Waals surface area contributed by atoms with Gasteiger partial charge >= 0.3 is 0 Å². The highest BCUT2D eigenvalue weighted by Crippen LogP contribution is 2.35. The summed E-state index contributed by atoms with van der Waals surface area (Å²) in [5.74, 6) is 1.55. The number of nitrogens with zero attached hydrogens (tertiary/aromatic N) is 1. The normalized spacial score (nSPS) is 14.0. The monoisotopic (exact) mass is 480 g/mol. The van der Waals surface area contributed by atoms with Gasteiger partial charge in [0.15, 0.2) is 11.5 Å². The number of hydrogen-bond acceptors (Lipinski definition) is 4. The first kappa shape index (κ1) is 22.1. The Hall–Kier alpha value is -1.59. The molecule has 1 aliphatic heterocycles. The van der Waals surface area contributed by atoms with Crippen molar-refractivity contribution in [2.45, 2.75) is 46.1 Å². The average Bonchev–Trinajstić information content (AvgIpc) is 2.73. The van der Waals surface area contributed by atoms with E-state index in [2.05, 4.69) is 45.2 Å². The van der Waals surface area contributed by atoms with Crippen LogP contribution in [0.4, 0.5) is 11.4 Å². The lowest BCUT2D eigenvalue weighted by molar-refractivity contribution is 0.276. The predicted octanol–water partition coefficient (Wildman–Crippen LogP) is 6.89. The first-order valence-electron chi connectivity index (χ1n) is 10.5. The van der Waals surface area contributed by atoms with Crippen molar-refractivity contribution >= 4 is 38.9 Å². The third-order valence-electron chi connectivity index (χ3n) is 5.00. The summed E-state index contributed by atoms with van der Waals surface area (Å²) in [4.78, 5) is 2.38. The molecule has 0 unspecified atom stereocenters. The van der Waals surface area contributed by atoms with Crippen LogP contribution in [0.2, 0.25) is 5.02 Å². The highest BCUT2D eigenvalue weighted by atomic mass is 79.9. The lowest BCUT2D eigenvalue weighted by atomic mass is 10.1. The highest BCUT2D eigenvalue weighted by Gasteiger charge is 2.15. The van der Waals surface area contributed by atoms with Crippen molar-refractivity contribution in [2.75, 3.05) is 36.5 Å². The molecule has 1 N–H and O–H groups in total. The zero-order valence-corrected chi connectivity index (χ0v) is 19.6. The fourth-order valence-corrected chi connectivity index (χ4v) is 4.27. The maximum atomic E-state index is 6.58. The van der Waals surface area contributed by atoms with E-state index in [9.17, 15) is 0 Å². The molecule has 0 atom stereocenters. The Morgan fingerprint density at radius 1 is 1.03 bits per heavy atom. The highest BCUT2D eigenvalue weighted by molar-refractivity contribution is 9.10. The number of anilines is 2. The SMILES string of the molecule is CCCOc1cc(Br)c(CNc2ccc(N3CCCCC3)c(Cl)c2)cc1OCC. The number of benzene rings is 2. The summed E-state index contributed by atoms with van der Waals surface area (Å²) in [6.45, 7) is 8.19. The van der Waals surface area contributed by atoms with Gasteiger partial charge in [-0.1, -0.05) is 34.5 Å². The van der Waals surface area contributed by atoms with Crippen LogP contribution < -0.4 is 19.7 Å². The molecule has 0 aliphatic carbocycles. The molecule has 29 heavy (non-hydrogen) atoms. The van der Waals surface area contributed by atoms with Crippen LogP contribution in [0.5, 0.6) is 11.5 Å². The molecular formula is C23H30BrClN2O2. The van der Waals surface area contributed by atoms with E-state index in [0.29, 0.717) is 19.8 Å². The van der Waals surface area contributed by atoms with E-state index in [1.165, 1.54) is 19.3 Å². The van der Waals surface area contributed by atoms with Crippen LogP contribution in [-0.4, -0.2) is 26.3 Å². The smallest absolute Gasteiger partial charge is 0.162 e. The standard InChI is InChI=1S/C23H30BrClN2O2/c1-3-12-29-23-15-19(24)17(13-22(23)28-4-2)16-26-18-8-9-21(20(25)14-18)27-10-6-5-7-11-27/h8-9,13-15,26H,3-7,10-12,16H2,1-2H3. The quantitative estimate of drug-likeness (QED) is 0.423. The number of piperidine rings is 1. The van der Waals surface area contributed by atoms with E-state index in [-0.39, 0.29) is 0 Å².